The zero-order valence-electron chi connectivity index (χ0n) is 15.9. The number of benzene rings is 1. The fourth-order valence-electron chi connectivity index (χ4n) is 3.98. The summed E-state index contributed by atoms with van der Waals surface area (Å²) in [6, 6.07) is 10.1. The van der Waals surface area contributed by atoms with Crippen LogP contribution in [-0.4, -0.2) is 61.6 Å². The third-order valence-electron chi connectivity index (χ3n) is 5.50. The standard InChI is InChI=1S/C21H26ClN3O2S/c22-18-4-2-1-3-17(18)19(25-8-10-27-11-9-25)13-23-21(26)15-24-7-5-20-16(14-24)6-12-28-20/h1-4,6,12,19H,5,7-11,13-15H2,(H,23,26). The number of carbonyl (C=O) groups is 1. The van der Waals surface area contributed by atoms with Gasteiger partial charge in [-0.3, -0.25) is 14.6 Å². The molecule has 3 heterocycles. The monoisotopic (exact) mass is 419 g/mol. The Balaban J connectivity index is 1.37. The second kappa shape index (κ2) is 9.37. The van der Waals surface area contributed by atoms with Gasteiger partial charge in [0.05, 0.1) is 25.8 Å². The van der Waals surface area contributed by atoms with Gasteiger partial charge in [-0.2, -0.15) is 0 Å². The van der Waals surface area contributed by atoms with Gasteiger partial charge in [-0.15, -0.1) is 11.3 Å². The highest BCUT2D eigenvalue weighted by Crippen LogP contribution is 2.28. The third-order valence-corrected chi connectivity index (χ3v) is 6.86. The van der Waals surface area contributed by atoms with Gasteiger partial charge < -0.3 is 10.1 Å². The Morgan fingerprint density at radius 2 is 2.04 bits per heavy atom. The van der Waals surface area contributed by atoms with E-state index >= 15 is 0 Å². The van der Waals surface area contributed by atoms with Gasteiger partial charge in [-0.25, -0.2) is 0 Å². The van der Waals surface area contributed by atoms with E-state index in [2.05, 4.69) is 32.6 Å². The Hall–Kier alpha value is -1.44. The molecule has 0 bridgehead atoms. The Labute approximate surface area is 175 Å². The molecule has 1 aromatic heterocycles. The molecule has 0 aliphatic carbocycles. The zero-order chi connectivity index (χ0) is 19.3. The average molecular weight is 420 g/mol. The van der Waals surface area contributed by atoms with Crippen molar-refractivity contribution in [3.63, 3.8) is 0 Å². The molecule has 1 saturated heterocycles. The van der Waals surface area contributed by atoms with Crippen LogP contribution in [0, 0.1) is 0 Å². The molecule has 0 saturated carbocycles. The van der Waals surface area contributed by atoms with Gasteiger partial charge in [0, 0.05) is 42.6 Å². The number of amides is 1. The lowest BCUT2D eigenvalue weighted by Gasteiger charge is -2.35. The number of rotatable bonds is 6. The number of nitrogens with zero attached hydrogens (tertiary/aromatic N) is 2. The zero-order valence-corrected chi connectivity index (χ0v) is 17.5. The van der Waals surface area contributed by atoms with E-state index in [0.717, 1.165) is 43.2 Å². The lowest BCUT2D eigenvalue weighted by molar-refractivity contribution is -0.122. The first-order valence-corrected chi connectivity index (χ1v) is 11.1. The lowest BCUT2D eigenvalue weighted by Crippen LogP contribution is -2.46. The van der Waals surface area contributed by atoms with E-state index in [-0.39, 0.29) is 11.9 Å². The van der Waals surface area contributed by atoms with E-state index in [4.69, 9.17) is 16.3 Å². The fraction of sp³-hybridized carbons (Fsp3) is 0.476. The molecule has 28 heavy (non-hydrogen) atoms. The van der Waals surface area contributed by atoms with Crippen molar-refractivity contribution >= 4 is 28.8 Å². The molecule has 1 atom stereocenters. The minimum atomic E-state index is 0.0615. The van der Waals surface area contributed by atoms with Crippen molar-refractivity contribution in [1.29, 1.82) is 0 Å². The summed E-state index contributed by atoms with van der Waals surface area (Å²) in [6.45, 7) is 5.92. The van der Waals surface area contributed by atoms with E-state index in [1.807, 2.05) is 29.5 Å². The highest BCUT2D eigenvalue weighted by molar-refractivity contribution is 7.10. The second-order valence-electron chi connectivity index (χ2n) is 7.32. The third kappa shape index (κ3) is 4.75. The summed E-state index contributed by atoms with van der Waals surface area (Å²) in [5.41, 5.74) is 2.43. The summed E-state index contributed by atoms with van der Waals surface area (Å²) >= 11 is 8.29. The number of nitrogens with one attached hydrogen (secondary N) is 1. The van der Waals surface area contributed by atoms with E-state index in [1.165, 1.54) is 10.4 Å². The van der Waals surface area contributed by atoms with E-state index in [1.54, 1.807) is 0 Å². The largest absolute Gasteiger partial charge is 0.379 e. The van der Waals surface area contributed by atoms with Crippen LogP contribution in [0.5, 0.6) is 0 Å². The summed E-state index contributed by atoms with van der Waals surface area (Å²) in [5, 5.41) is 6.04. The Bertz CT molecular complexity index is 806. The van der Waals surface area contributed by atoms with Gasteiger partial charge in [-0.1, -0.05) is 29.8 Å². The summed E-state index contributed by atoms with van der Waals surface area (Å²) in [6.07, 6.45) is 1.04. The molecule has 1 amide bonds. The lowest BCUT2D eigenvalue weighted by atomic mass is 10.0. The molecular weight excluding hydrogens is 394 g/mol. The van der Waals surface area contributed by atoms with Gasteiger partial charge in [0.1, 0.15) is 0 Å². The van der Waals surface area contributed by atoms with Gasteiger partial charge in [0.15, 0.2) is 0 Å². The van der Waals surface area contributed by atoms with Gasteiger partial charge >= 0.3 is 0 Å². The normalized spacial score (nSPS) is 19.2. The number of hydrogen-bond donors (Lipinski definition) is 1. The topological polar surface area (TPSA) is 44.8 Å². The van der Waals surface area contributed by atoms with Crippen molar-refractivity contribution in [2.24, 2.45) is 0 Å². The van der Waals surface area contributed by atoms with Crippen LogP contribution in [0.25, 0.3) is 0 Å². The second-order valence-corrected chi connectivity index (χ2v) is 8.73. The molecule has 1 aromatic carbocycles. The summed E-state index contributed by atoms with van der Waals surface area (Å²) < 4.78 is 5.50. The van der Waals surface area contributed by atoms with Gasteiger partial charge in [0.25, 0.3) is 0 Å². The van der Waals surface area contributed by atoms with Crippen molar-refractivity contribution in [1.82, 2.24) is 15.1 Å². The molecule has 7 heteroatoms. The van der Waals surface area contributed by atoms with Crippen LogP contribution in [0.4, 0.5) is 0 Å². The fourth-order valence-corrected chi connectivity index (χ4v) is 5.13. The number of ether oxygens (including phenoxy) is 1. The Kier molecular flexibility index (Phi) is 6.65. The Morgan fingerprint density at radius 1 is 1.21 bits per heavy atom. The first-order chi connectivity index (χ1) is 13.7. The van der Waals surface area contributed by atoms with Crippen LogP contribution in [0.1, 0.15) is 22.0 Å². The molecule has 2 aliphatic rings. The number of fused-ring (bicyclic) bond motifs is 1. The maximum absolute atomic E-state index is 12.6. The summed E-state index contributed by atoms with van der Waals surface area (Å²) in [7, 11) is 0. The number of halogens is 1. The summed E-state index contributed by atoms with van der Waals surface area (Å²) in [4.78, 5) is 18.7. The molecule has 1 unspecified atom stereocenters. The molecule has 4 rings (SSSR count). The van der Waals surface area contributed by atoms with Crippen LogP contribution >= 0.6 is 22.9 Å². The minimum absolute atomic E-state index is 0.0615. The first kappa shape index (κ1) is 19.9. The van der Waals surface area contributed by atoms with Crippen molar-refractivity contribution in [2.75, 3.05) is 45.9 Å². The van der Waals surface area contributed by atoms with Crippen molar-refractivity contribution in [3.05, 3.63) is 56.7 Å². The quantitative estimate of drug-likeness (QED) is 0.781. The van der Waals surface area contributed by atoms with Crippen molar-refractivity contribution in [3.8, 4) is 0 Å². The number of morpholine rings is 1. The SMILES string of the molecule is O=C(CN1CCc2sccc2C1)NCC(c1ccccc1Cl)N1CCOCC1. The van der Waals surface area contributed by atoms with E-state index < -0.39 is 0 Å². The molecule has 5 nitrogen and oxygen atoms in total. The smallest absolute Gasteiger partial charge is 0.234 e. The van der Waals surface area contributed by atoms with Crippen LogP contribution in [-0.2, 0) is 22.5 Å². The van der Waals surface area contributed by atoms with Crippen LogP contribution in [0.3, 0.4) is 0 Å². The van der Waals surface area contributed by atoms with Crippen LogP contribution < -0.4 is 5.32 Å². The molecular formula is C21H26ClN3O2S. The highest BCUT2D eigenvalue weighted by atomic mass is 35.5. The molecule has 0 radical (unpaired) electrons. The Morgan fingerprint density at radius 3 is 2.86 bits per heavy atom. The molecule has 1 fully saturated rings. The van der Waals surface area contributed by atoms with Crippen LogP contribution in [0.2, 0.25) is 5.02 Å². The van der Waals surface area contributed by atoms with Gasteiger partial charge in [0.2, 0.25) is 5.91 Å². The van der Waals surface area contributed by atoms with Crippen molar-refractivity contribution in [2.45, 2.75) is 19.0 Å². The van der Waals surface area contributed by atoms with Gasteiger partial charge in [-0.05, 0) is 35.1 Å². The molecule has 1 N–H and O–H groups in total. The molecule has 2 aromatic rings. The van der Waals surface area contributed by atoms with Crippen molar-refractivity contribution < 1.29 is 9.53 Å². The maximum atomic E-state index is 12.6. The molecule has 2 aliphatic heterocycles. The molecule has 150 valence electrons. The van der Waals surface area contributed by atoms with E-state index in [9.17, 15) is 4.79 Å². The summed E-state index contributed by atoms with van der Waals surface area (Å²) in [5.74, 6) is 0.0731. The number of carbonyl (C=O) groups excluding carboxylic acids is 1. The number of thiophene rings is 1. The number of hydrogen-bond acceptors (Lipinski definition) is 5. The maximum Gasteiger partial charge on any atom is 0.234 e. The highest BCUT2D eigenvalue weighted by Gasteiger charge is 2.25. The van der Waals surface area contributed by atoms with Crippen LogP contribution in [0.15, 0.2) is 35.7 Å². The predicted molar refractivity (Wildman–Crippen MR) is 113 cm³/mol. The molecule has 0 spiro atoms. The first-order valence-electron chi connectivity index (χ1n) is 9.81. The van der Waals surface area contributed by atoms with E-state index in [0.29, 0.717) is 26.3 Å². The predicted octanol–water partition coefficient (Wildman–Crippen LogP) is 2.95. The average Bonchev–Trinajstić information content (AvgIpc) is 3.18. The minimum Gasteiger partial charge on any atom is -0.379 e.